The molecule has 3 rings (SSSR count). The number of benzene rings is 1. The van der Waals surface area contributed by atoms with E-state index in [1.807, 2.05) is 35.4 Å². The second-order valence-electron chi connectivity index (χ2n) is 5.83. The zero-order valence-electron chi connectivity index (χ0n) is 13.0. The van der Waals surface area contributed by atoms with Crippen LogP contribution in [0.3, 0.4) is 0 Å². The summed E-state index contributed by atoms with van der Waals surface area (Å²) in [5, 5.41) is 6.40. The molecule has 22 heavy (non-hydrogen) atoms. The van der Waals surface area contributed by atoms with E-state index in [1.165, 1.54) is 11.3 Å². The van der Waals surface area contributed by atoms with Crippen LogP contribution in [0, 0.1) is 0 Å². The maximum atomic E-state index is 12.3. The molecule has 5 nitrogen and oxygen atoms in total. The average Bonchev–Trinajstić information content (AvgIpc) is 3.10. The van der Waals surface area contributed by atoms with Crippen LogP contribution in [-0.2, 0) is 0 Å². The SMILES string of the molecule is CSc1ccc(NC(=O)N2CCN([C@@H]3CCNC3)CC2)cc1. The van der Waals surface area contributed by atoms with Gasteiger partial charge in [-0.25, -0.2) is 4.79 Å². The first-order valence-electron chi connectivity index (χ1n) is 7.91. The van der Waals surface area contributed by atoms with E-state index in [4.69, 9.17) is 0 Å². The lowest BCUT2D eigenvalue weighted by atomic mass is 10.2. The second kappa shape index (κ2) is 7.35. The number of thioether (sulfide) groups is 1. The Morgan fingerprint density at radius 2 is 1.95 bits per heavy atom. The molecule has 2 heterocycles. The van der Waals surface area contributed by atoms with Crippen LogP contribution in [-0.4, -0.2) is 67.4 Å². The van der Waals surface area contributed by atoms with Crippen LogP contribution < -0.4 is 10.6 Å². The van der Waals surface area contributed by atoms with E-state index in [1.54, 1.807) is 11.8 Å². The Morgan fingerprint density at radius 3 is 2.55 bits per heavy atom. The van der Waals surface area contributed by atoms with Gasteiger partial charge in [-0.15, -0.1) is 11.8 Å². The Bertz CT molecular complexity index is 493. The molecule has 120 valence electrons. The summed E-state index contributed by atoms with van der Waals surface area (Å²) in [5.41, 5.74) is 0.866. The highest BCUT2D eigenvalue weighted by Crippen LogP contribution is 2.18. The number of carbonyl (C=O) groups is 1. The lowest BCUT2D eigenvalue weighted by Crippen LogP contribution is -2.53. The molecule has 0 spiro atoms. The van der Waals surface area contributed by atoms with Gasteiger partial charge in [0.1, 0.15) is 0 Å². The summed E-state index contributed by atoms with van der Waals surface area (Å²) >= 11 is 1.70. The second-order valence-corrected chi connectivity index (χ2v) is 6.71. The minimum absolute atomic E-state index is 0.0149. The summed E-state index contributed by atoms with van der Waals surface area (Å²) in [7, 11) is 0. The summed E-state index contributed by atoms with van der Waals surface area (Å²) in [4.78, 5) is 18.0. The van der Waals surface area contributed by atoms with E-state index in [-0.39, 0.29) is 6.03 Å². The zero-order valence-corrected chi connectivity index (χ0v) is 13.9. The number of nitrogens with zero attached hydrogens (tertiary/aromatic N) is 2. The van der Waals surface area contributed by atoms with Gasteiger partial charge in [0.05, 0.1) is 0 Å². The van der Waals surface area contributed by atoms with Gasteiger partial charge in [-0.05, 0) is 43.5 Å². The van der Waals surface area contributed by atoms with Crippen molar-refractivity contribution in [3.63, 3.8) is 0 Å². The van der Waals surface area contributed by atoms with E-state index in [0.29, 0.717) is 6.04 Å². The van der Waals surface area contributed by atoms with Gasteiger partial charge in [-0.1, -0.05) is 0 Å². The fourth-order valence-corrected chi connectivity index (χ4v) is 3.53. The Balaban J connectivity index is 1.48. The van der Waals surface area contributed by atoms with Crippen LogP contribution in [0.15, 0.2) is 29.2 Å². The van der Waals surface area contributed by atoms with Gasteiger partial charge in [-0.2, -0.15) is 0 Å². The van der Waals surface area contributed by atoms with Crippen molar-refractivity contribution in [3.05, 3.63) is 24.3 Å². The van der Waals surface area contributed by atoms with Crippen molar-refractivity contribution in [1.82, 2.24) is 15.1 Å². The largest absolute Gasteiger partial charge is 0.322 e. The third-order valence-corrected chi connectivity index (χ3v) is 5.24. The Kier molecular flexibility index (Phi) is 5.23. The molecule has 0 bridgehead atoms. The first kappa shape index (κ1) is 15.6. The van der Waals surface area contributed by atoms with Gasteiger partial charge in [-0.3, -0.25) is 4.90 Å². The first-order chi connectivity index (χ1) is 10.8. The molecule has 0 aliphatic carbocycles. The molecule has 0 unspecified atom stereocenters. The summed E-state index contributed by atoms with van der Waals surface area (Å²) in [6.45, 7) is 5.79. The smallest absolute Gasteiger partial charge is 0.321 e. The summed E-state index contributed by atoms with van der Waals surface area (Å²) in [6, 6.07) is 8.66. The molecule has 2 fully saturated rings. The standard InChI is InChI=1S/C16H24N4OS/c1-22-15-4-2-13(3-5-15)18-16(21)20-10-8-19(9-11-20)14-6-7-17-12-14/h2-5,14,17H,6-12H2,1H3,(H,18,21)/t14-/m1/s1. The van der Waals surface area contributed by atoms with Gasteiger partial charge >= 0.3 is 6.03 Å². The van der Waals surface area contributed by atoms with Crippen molar-refractivity contribution >= 4 is 23.5 Å². The molecular weight excluding hydrogens is 296 g/mol. The quantitative estimate of drug-likeness (QED) is 0.836. The first-order valence-corrected chi connectivity index (χ1v) is 9.13. The fraction of sp³-hybridized carbons (Fsp3) is 0.562. The number of piperazine rings is 1. The maximum absolute atomic E-state index is 12.3. The van der Waals surface area contributed by atoms with Crippen LogP contribution >= 0.6 is 11.8 Å². The van der Waals surface area contributed by atoms with Crippen LogP contribution in [0.25, 0.3) is 0 Å². The molecule has 1 atom stereocenters. The third kappa shape index (κ3) is 3.74. The number of hydrogen-bond donors (Lipinski definition) is 2. The fourth-order valence-electron chi connectivity index (χ4n) is 3.12. The minimum atomic E-state index is 0.0149. The Hall–Kier alpha value is -1.24. The van der Waals surface area contributed by atoms with Crippen molar-refractivity contribution in [3.8, 4) is 0 Å². The maximum Gasteiger partial charge on any atom is 0.321 e. The molecular formula is C16H24N4OS. The van der Waals surface area contributed by atoms with Crippen molar-refractivity contribution in [1.29, 1.82) is 0 Å². The van der Waals surface area contributed by atoms with Crippen LogP contribution in [0.4, 0.5) is 10.5 Å². The van der Waals surface area contributed by atoms with Crippen LogP contribution in [0.5, 0.6) is 0 Å². The molecule has 2 amide bonds. The molecule has 0 radical (unpaired) electrons. The van der Waals surface area contributed by atoms with Gasteiger partial charge in [0.25, 0.3) is 0 Å². The van der Waals surface area contributed by atoms with Gasteiger partial charge in [0, 0.05) is 49.3 Å². The van der Waals surface area contributed by atoms with Crippen molar-refractivity contribution in [2.24, 2.45) is 0 Å². The molecule has 2 aliphatic heterocycles. The zero-order chi connectivity index (χ0) is 15.4. The lowest BCUT2D eigenvalue weighted by molar-refractivity contribution is 0.119. The van der Waals surface area contributed by atoms with E-state index < -0.39 is 0 Å². The molecule has 1 aromatic carbocycles. The third-order valence-electron chi connectivity index (χ3n) is 4.49. The lowest BCUT2D eigenvalue weighted by Gasteiger charge is -2.37. The van der Waals surface area contributed by atoms with Crippen LogP contribution in [0.2, 0.25) is 0 Å². The highest BCUT2D eigenvalue weighted by Gasteiger charge is 2.27. The number of anilines is 1. The topological polar surface area (TPSA) is 47.6 Å². The number of carbonyl (C=O) groups excluding carboxylic acids is 1. The van der Waals surface area contributed by atoms with Crippen LogP contribution in [0.1, 0.15) is 6.42 Å². The molecule has 6 heteroatoms. The molecule has 1 aromatic rings. The summed E-state index contributed by atoms with van der Waals surface area (Å²) < 4.78 is 0. The Labute approximate surface area is 136 Å². The molecule has 2 saturated heterocycles. The minimum Gasteiger partial charge on any atom is -0.322 e. The van der Waals surface area contributed by atoms with E-state index >= 15 is 0 Å². The van der Waals surface area contributed by atoms with Gasteiger partial charge in [0.15, 0.2) is 0 Å². The Morgan fingerprint density at radius 1 is 1.23 bits per heavy atom. The number of urea groups is 1. The average molecular weight is 320 g/mol. The molecule has 0 aromatic heterocycles. The predicted molar refractivity (Wildman–Crippen MR) is 91.7 cm³/mol. The van der Waals surface area contributed by atoms with Crippen molar-refractivity contribution in [2.75, 3.05) is 50.8 Å². The summed E-state index contributed by atoms with van der Waals surface area (Å²) in [6.07, 6.45) is 3.28. The van der Waals surface area contributed by atoms with E-state index in [9.17, 15) is 4.79 Å². The molecule has 2 N–H and O–H groups in total. The molecule has 2 aliphatic rings. The molecule has 0 saturated carbocycles. The number of hydrogen-bond acceptors (Lipinski definition) is 4. The highest BCUT2D eigenvalue weighted by molar-refractivity contribution is 7.98. The van der Waals surface area contributed by atoms with Gasteiger partial charge in [0.2, 0.25) is 0 Å². The monoisotopic (exact) mass is 320 g/mol. The normalized spacial score (nSPS) is 22.8. The van der Waals surface area contributed by atoms with Crippen molar-refractivity contribution in [2.45, 2.75) is 17.4 Å². The number of rotatable bonds is 3. The van der Waals surface area contributed by atoms with E-state index in [2.05, 4.69) is 15.5 Å². The predicted octanol–water partition coefficient (Wildman–Crippen LogP) is 1.92. The number of nitrogens with one attached hydrogen (secondary N) is 2. The van der Waals surface area contributed by atoms with Crippen molar-refractivity contribution < 1.29 is 4.79 Å². The highest BCUT2D eigenvalue weighted by atomic mass is 32.2. The van der Waals surface area contributed by atoms with E-state index in [0.717, 1.165) is 45.0 Å². The van der Waals surface area contributed by atoms with Gasteiger partial charge < -0.3 is 15.5 Å². The summed E-state index contributed by atoms with van der Waals surface area (Å²) in [5.74, 6) is 0. The number of amides is 2.